The number of carboxylic acids is 1. The summed E-state index contributed by atoms with van der Waals surface area (Å²) >= 11 is 0. The molecule has 27 heteroatoms. The lowest BCUT2D eigenvalue weighted by molar-refractivity contribution is 0.0512. The average molecular weight is 1860 g/mol. The molecule has 0 aliphatic carbocycles. The highest BCUT2D eigenvalue weighted by Gasteiger charge is 2.26. The minimum atomic E-state index is -0.919. The maximum atomic E-state index is 13.8. The molecule has 6 aromatic carbocycles. The fraction of sp³-hybridized carbons (Fsp3) is 0.152. The van der Waals surface area contributed by atoms with E-state index >= 15 is 0 Å². The van der Waals surface area contributed by atoms with E-state index in [-0.39, 0.29) is 36.3 Å². The molecule has 0 atom stereocenters. The van der Waals surface area contributed by atoms with Gasteiger partial charge in [0, 0.05) is 199 Å². The molecule has 139 heavy (non-hydrogen) atoms. The fourth-order valence-electron chi connectivity index (χ4n) is 15.2. The molecular weight excluding hydrogens is 1760 g/mol. The van der Waals surface area contributed by atoms with E-state index in [9.17, 15) is 24.0 Å². The Hall–Kier alpha value is -16.9. The quantitative estimate of drug-likeness (QED) is 0.0336. The van der Waals surface area contributed by atoms with Gasteiger partial charge in [-0.3, -0.25) is 54.4 Å². The van der Waals surface area contributed by atoms with Crippen LogP contribution >= 0.6 is 12.4 Å². The third-order valence-electron chi connectivity index (χ3n) is 22.0. The zero-order valence-electron chi connectivity index (χ0n) is 77.6. The molecule has 0 radical (unpaired) electrons. The summed E-state index contributed by atoms with van der Waals surface area (Å²) in [6.07, 6.45) is 24.3. The van der Waals surface area contributed by atoms with Gasteiger partial charge in [-0.15, -0.1) is 12.4 Å². The van der Waals surface area contributed by atoms with E-state index in [1.54, 1.807) is 108 Å². The van der Waals surface area contributed by atoms with E-state index < -0.39 is 29.4 Å². The number of fused-ring (bicyclic) bond motifs is 3. The van der Waals surface area contributed by atoms with Gasteiger partial charge >= 0.3 is 18.2 Å². The number of carbonyl (C=O) groups is 5. The van der Waals surface area contributed by atoms with Gasteiger partial charge in [-0.25, -0.2) is 29.3 Å². The molecule has 4 amide bonds. The van der Waals surface area contributed by atoms with Gasteiger partial charge in [-0.1, -0.05) is 164 Å². The molecule has 6 N–H and O–H groups in total. The van der Waals surface area contributed by atoms with Crippen molar-refractivity contribution in [3.05, 3.63) is 433 Å². The van der Waals surface area contributed by atoms with E-state index in [1.165, 1.54) is 30.1 Å². The molecule has 12 heterocycles. The van der Waals surface area contributed by atoms with Crippen molar-refractivity contribution in [2.45, 2.75) is 112 Å². The number of halogens is 1. The molecule has 26 nitrogen and oxygen atoms in total. The first kappa shape index (κ1) is 98.1. The SMILES string of the molecule is CC(C)(C)OC(=O)NCc1ccc(-c2nc3ccnc(CN(Cc4ccncc4)C(=O)c4ccncc4)c3cc2-c2ccccc2)cc1.CC(C)(C)OC(=O)NCc1ccc(-c2nc3ccnc(CNCc4ccncc4)c3cc2-c2ccccc2)cc1.Cl.NCc1ccc(-c2nc3ccnc(CN(Cc4ccncc4)C(=O)c4ccncc4)c3cc2-c2ccccc2)cc1.O=C(O)c1ccncc1. The molecule has 18 rings (SSSR count). The fourth-order valence-corrected chi connectivity index (χ4v) is 15.2. The minimum absolute atomic E-state index is 0. The number of carbonyl (C=O) groups excluding carboxylic acids is 4. The largest absolute Gasteiger partial charge is 0.478 e. The Balaban J connectivity index is 0.000000159. The van der Waals surface area contributed by atoms with Crippen molar-refractivity contribution in [3.8, 4) is 67.2 Å². The number of nitrogens with one attached hydrogen (secondary N) is 3. The Bertz CT molecular complexity index is 7140. The number of hydrogen-bond acceptors (Lipinski definition) is 21. The van der Waals surface area contributed by atoms with Crippen LogP contribution in [0.3, 0.4) is 0 Å². The van der Waals surface area contributed by atoms with Crippen molar-refractivity contribution in [2.75, 3.05) is 0 Å². The van der Waals surface area contributed by atoms with Crippen LogP contribution in [-0.2, 0) is 68.4 Å². The van der Waals surface area contributed by atoms with Crippen LogP contribution in [0, 0.1) is 0 Å². The Morgan fingerprint density at radius 2 is 0.612 bits per heavy atom. The van der Waals surface area contributed by atoms with Gasteiger partial charge in [0.05, 0.1) is 69.4 Å². The van der Waals surface area contributed by atoms with Crippen LogP contribution in [0.4, 0.5) is 9.59 Å². The number of pyridine rings is 12. The highest BCUT2D eigenvalue weighted by atomic mass is 35.5. The number of ether oxygens (including phenoxy) is 2. The highest BCUT2D eigenvalue weighted by molar-refractivity contribution is 5.98. The van der Waals surface area contributed by atoms with E-state index in [1.807, 2.05) is 218 Å². The topological polar surface area (TPSA) is 347 Å². The standard InChI is InChI=1S/C39H36N6O3.C34H28N6O.C33H33N5O2.C6H5NO2.ClH/c1-39(2,3)48-38(47)43-24-27-9-11-30(12-10-27)36-32(29-7-5-4-6-8-29)23-33-34(44-36)17-22-42-35(33)26-45(25-28-13-18-40-19-14-28)37(46)31-15-20-41-21-16-31;35-21-24-6-8-27(9-7-24)33-29(26-4-2-1-3-5-26)20-30-31(39-33)14-19-38-32(30)23-40(22-25-10-15-36-16-11-25)34(41)28-12-17-37-18-13-28;1-33(2,3)40-32(39)37-21-23-9-11-26(12-10-23)31-27(25-7-5-4-6-8-25)19-28-29(38-31)15-18-36-30(28)22-35-20-24-13-16-34-17-14-24;8-6(9)5-1-3-7-4-2-5;/h4-23H,24-26H2,1-3H3,(H,43,47);1-20H,21-23,35H2;4-19,35H,20-22H2,1-3H3,(H,37,39);1-4H,(H,8,9);1H. The van der Waals surface area contributed by atoms with E-state index in [4.69, 9.17) is 45.2 Å². The number of aromatic carboxylic acids is 1. The molecule has 0 bridgehead atoms. The predicted molar refractivity (Wildman–Crippen MR) is 543 cm³/mol. The maximum Gasteiger partial charge on any atom is 0.407 e. The number of carboxylic acid groups (broad SMARTS) is 1. The number of aromatic nitrogens is 12. The smallest absolute Gasteiger partial charge is 0.407 e. The number of benzene rings is 6. The van der Waals surface area contributed by atoms with E-state index in [0.717, 1.165) is 151 Å². The first-order valence-corrected chi connectivity index (χ1v) is 44.9. The van der Waals surface area contributed by atoms with Crippen molar-refractivity contribution in [2.24, 2.45) is 5.73 Å². The molecular formula is C112H103ClN18O8. The molecule has 0 unspecified atom stereocenters. The summed E-state index contributed by atoms with van der Waals surface area (Å²) in [5.41, 5.74) is 28.8. The lowest BCUT2D eigenvalue weighted by atomic mass is 9.96. The molecule has 0 aliphatic heterocycles. The summed E-state index contributed by atoms with van der Waals surface area (Å²) in [5.74, 6) is -1.14. The summed E-state index contributed by atoms with van der Waals surface area (Å²) in [7, 11) is 0. The highest BCUT2D eigenvalue weighted by Crippen LogP contribution is 2.39. The van der Waals surface area contributed by atoms with E-state index in [0.29, 0.717) is 56.9 Å². The van der Waals surface area contributed by atoms with Crippen LogP contribution in [0.5, 0.6) is 0 Å². The number of nitrogens with two attached hydrogens (primary N) is 1. The normalized spacial score (nSPS) is 11.0. The number of rotatable bonds is 26. The zero-order chi connectivity index (χ0) is 96.2. The number of hydrogen-bond donors (Lipinski definition) is 5. The Kier molecular flexibility index (Phi) is 33.4. The molecule has 18 aromatic rings. The van der Waals surface area contributed by atoms with Gasteiger partial charge in [0.2, 0.25) is 0 Å². The Labute approximate surface area is 811 Å². The van der Waals surface area contributed by atoms with Gasteiger partial charge in [-0.2, -0.15) is 0 Å². The number of nitrogens with zero attached hydrogens (tertiary/aromatic N) is 14. The summed E-state index contributed by atoms with van der Waals surface area (Å²) in [5, 5.41) is 20.3. The van der Waals surface area contributed by atoms with Gasteiger partial charge in [-0.05, 0) is 201 Å². The summed E-state index contributed by atoms with van der Waals surface area (Å²) in [4.78, 5) is 119. The van der Waals surface area contributed by atoms with Crippen LogP contribution in [0.1, 0.15) is 123 Å². The molecule has 12 aromatic heterocycles. The van der Waals surface area contributed by atoms with Gasteiger partial charge in [0.1, 0.15) is 11.2 Å². The lowest BCUT2D eigenvalue weighted by Crippen LogP contribution is -2.32. The van der Waals surface area contributed by atoms with E-state index in [2.05, 4.69) is 118 Å². The second kappa shape index (κ2) is 47.3. The van der Waals surface area contributed by atoms with Gasteiger partial charge in [0.25, 0.3) is 11.8 Å². The summed E-state index contributed by atoms with van der Waals surface area (Å²) in [6.45, 7) is 15.0. The summed E-state index contributed by atoms with van der Waals surface area (Å²) < 4.78 is 10.7. The van der Waals surface area contributed by atoms with Crippen LogP contribution in [0.25, 0.3) is 99.9 Å². The van der Waals surface area contributed by atoms with Crippen molar-refractivity contribution >= 4 is 75.1 Å². The number of amides is 4. The second-order valence-corrected chi connectivity index (χ2v) is 34.2. The summed E-state index contributed by atoms with van der Waals surface area (Å²) in [6, 6.07) is 88.6. The van der Waals surface area contributed by atoms with Gasteiger partial charge < -0.3 is 46.1 Å². The van der Waals surface area contributed by atoms with Crippen molar-refractivity contribution in [1.29, 1.82) is 0 Å². The average Bonchev–Trinajstić information content (AvgIpc) is 0.656. The lowest BCUT2D eigenvalue weighted by Gasteiger charge is -2.23. The predicted octanol–water partition coefficient (Wildman–Crippen LogP) is 21.6. The van der Waals surface area contributed by atoms with Gasteiger partial charge in [0.15, 0.2) is 0 Å². The van der Waals surface area contributed by atoms with Crippen molar-refractivity contribution in [3.63, 3.8) is 0 Å². The van der Waals surface area contributed by atoms with Crippen LogP contribution < -0.4 is 21.7 Å². The minimum Gasteiger partial charge on any atom is -0.478 e. The molecule has 0 saturated carbocycles. The first-order valence-electron chi connectivity index (χ1n) is 44.9. The number of alkyl carbamates (subject to hydrolysis) is 2. The van der Waals surface area contributed by atoms with Crippen LogP contribution in [-0.4, -0.2) is 116 Å². The van der Waals surface area contributed by atoms with Crippen LogP contribution in [0.15, 0.2) is 366 Å². The monoisotopic (exact) mass is 1860 g/mol. The molecule has 0 aliphatic rings. The zero-order valence-corrected chi connectivity index (χ0v) is 78.4. The maximum absolute atomic E-state index is 13.8. The van der Waals surface area contributed by atoms with Crippen molar-refractivity contribution in [1.82, 2.24) is 85.6 Å². The molecule has 0 spiro atoms. The Morgan fingerprint density at radius 1 is 0.317 bits per heavy atom. The Morgan fingerprint density at radius 3 is 0.928 bits per heavy atom. The third-order valence-corrected chi connectivity index (χ3v) is 22.0. The van der Waals surface area contributed by atoms with Crippen molar-refractivity contribution < 1.29 is 38.6 Å². The van der Waals surface area contributed by atoms with Crippen LogP contribution in [0.2, 0.25) is 0 Å². The first-order chi connectivity index (χ1) is 67.1. The molecule has 696 valence electrons. The third kappa shape index (κ3) is 27.2. The second-order valence-electron chi connectivity index (χ2n) is 34.2. The molecule has 0 fully saturated rings. The molecule has 0 saturated heterocycles.